The molecule has 5 heteroatoms. The van der Waals surface area contributed by atoms with Gasteiger partial charge >= 0.3 is 0 Å². The lowest BCUT2D eigenvalue weighted by atomic mass is 9.99. The molecule has 0 bridgehead atoms. The Labute approximate surface area is 131 Å². The highest BCUT2D eigenvalue weighted by molar-refractivity contribution is 6.30. The van der Waals surface area contributed by atoms with Crippen LogP contribution in [0, 0.1) is 5.92 Å². The Morgan fingerprint density at radius 1 is 1.48 bits per heavy atom. The molecule has 2 N–H and O–H groups in total. The van der Waals surface area contributed by atoms with Crippen molar-refractivity contribution in [3.8, 4) is 5.75 Å². The third-order valence-corrected chi connectivity index (χ3v) is 4.31. The lowest BCUT2D eigenvalue weighted by Gasteiger charge is -2.21. The molecular formula is C16H23ClN2O2. The van der Waals surface area contributed by atoms with Crippen molar-refractivity contribution in [3.05, 3.63) is 29.3 Å². The zero-order valence-electron chi connectivity index (χ0n) is 12.4. The van der Waals surface area contributed by atoms with Crippen LogP contribution < -0.4 is 10.5 Å². The summed E-state index contributed by atoms with van der Waals surface area (Å²) in [4.78, 5) is 13.9. The van der Waals surface area contributed by atoms with E-state index in [0.29, 0.717) is 30.5 Å². The molecule has 0 aromatic heterocycles. The second-order valence-corrected chi connectivity index (χ2v) is 6.12. The first kappa shape index (κ1) is 16.1. The number of hydrogen-bond donors (Lipinski definition) is 1. The highest BCUT2D eigenvalue weighted by atomic mass is 35.5. The summed E-state index contributed by atoms with van der Waals surface area (Å²) in [5.41, 5.74) is 6.01. The predicted octanol–water partition coefficient (Wildman–Crippen LogP) is 2.69. The number of likely N-dealkylation sites (N-methyl/N-ethyl adjacent to an activating group) is 1. The van der Waals surface area contributed by atoms with Crippen LogP contribution >= 0.6 is 11.6 Å². The smallest absolute Gasteiger partial charge is 0.222 e. The highest BCUT2D eigenvalue weighted by Gasteiger charge is 2.27. The number of benzene rings is 1. The van der Waals surface area contributed by atoms with E-state index in [1.165, 1.54) is 0 Å². The Morgan fingerprint density at radius 2 is 2.29 bits per heavy atom. The van der Waals surface area contributed by atoms with E-state index in [1.54, 1.807) is 17.0 Å². The van der Waals surface area contributed by atoms with Crippen LogP contribution in [0.3, 0.4) is 0 Å². The van der Waals surface area contributed by atoms with Crippen molar-refractivity contribution in [2.75, 3.05) is 20.2 Å². The van der Waals surface area contributed by atoms with E-state index in [0.717, 1.165) is 25.0 Å². The Balaban J connectivity index is 1.71. The maximum atomic E-state index is 12.1. The zero-order chi connectivity index (χ0) is 15.2. The molecule has 1 amide bonds. The first-order valence-corrected chi connectivity index (χ1v) is 7.82. The van der Waals surface area contributed by atoms with Crippen LogP contribution in [0.25, 0.3) is 0 Å². The van der Waals surface area contributed by atoms with Gasteiger partial charge in [-0.05, 0) is 37.0 Å². The van der Waals surface area contributed by atoms with Crippen molar-refractivity contribution in [2.45, 2.75) is 31.7 Å². The first-order valence-electron chi connectivity index (χ1n) is 7.44. The number of nitrogens with zero attached hydrogens (tertiary/aromatic N) is 1. The normalized spacial score (nSPS) is 21.3. The Morgan fingerprint density at radius 3 is 2.95 bits per heavy atom. The van der Waals surface area contributed by atoms with Crippen molar-refractivity contribution in [1.29, 1.82) is 0 Å². The lowest BCUT2D eigenvalue weighted by Crippen LogP contribution is -2.35. The average molecular weight is 311 g/mol. The first-order chi connectivity index (χ1) is 10.1. The molecule has 2 atom stereocenters. The minimum Gasteiger partial charge on any atom is -0.492 e. The fourth-order valence-electron chi connectivity index (χ4n) is 2.68. The number of amides is 1. The Kier molecular flexibility index (Phi) is 5.88. The van der Waals surface area contributed by atoms with E-state index in [-0.39, 0.29) is 11.9 Å². The van der Waals surface area contributed by atoms with Gasteiger partial charge in [0.05, 0.1) is 6.54 Å². The van der Waals surface area contributed by atoms with Gasteiger partial charge in [-0.25, -0.2) is 0 Å². The molecule has 1 aliphatic carbocycles. The fourth-order valence-corrected chi connectivity index (χ4v) is 2.86. The quantitative estimate of drug-likeness (QED) is 0.879. The molecule has 0 heterocycles. The second-order valence-electron chi connectivity index (χ2n) is 5.68. The molecule has 0 aliphatic heterocycles. The summed E-state index contributed by atoms with van der Waals surface area (Å²) < 4.78 is 5.60. The topological polar surface area (TPSA) is 55.6 Å². The van der Waals surface area contributed by atoms with Crippen molar-refractivity contribution in [3.63, 3.8) is 0 Å². The van der Waals surface area contributed by atoms with E-state index < -0.39 is 0 Å². The molecule has 1 aliphatic rings. The van der Waals surface area contributed by atoms with Crippen LogP contribution in [0.1, 0.15) is 25.7 Å². The summed E-state index contributed by atoms with van der Waals surface area (Å²) in [6.45, 7) is 1.02. The van der Waals surface area contributed by atoms with Crippen molar-refractivity contribution >= 4 is 17.5 Å². The van der Waals surface area contributed by atoms with Gasteiger partial charge in [0.15, 0.2) is 0 Å². The van der Waals surface area contributed by atoms with Crippen molar-refractivity contribution in [2.24, 2.45) is 11.7 Å². The van der Waals surface area contributed by atoms with E-state index >= 15 is 0 Å². The van der Waals surface area contributed by atoms with E-state index in [4.69, 9.17) is 22.1 Å². The summed E-state index contributed by atoms with van der Waals surface area (Å²) in [6, 6.07) is 7.44. The maximum Gasteiger partial charge on any atom is 0.222 e. The van der Waals surface area contributed by atoms with Gasteiger partial charge in [-0.1, -0.05) is 24.1 Å². The zero-order valence-corrected chi connectivity index (χ0v) is 13.2. The van der Waals surface area contributed by atoms with Gasteiger partial charge in [0.1, 0.15) is 12.4 Å². The molecule has 21 heavy (non-hydrogen) atoms. The number of carbonyl (C=O) groups excluding carboxylic acids is 1. The largest absolute Gasteiger partial charge is 0.492 e. The van der Waals surface area contributed by atoms with Crippen LogP contribution in [0.4, 0.5) is 0 Å². The molecule has 0 spiro atoms. The molecule has 1 saturated carbocycles. The molecule has 4 nitrogen and oxygen atoms in total. The fraction of sp³-hybridized carbons (Fsp3) is 0.562. The monoisotopic (exact) mass is 310 g/mol. The number of hydrogen-bond acceptors (Lipinski definition) is 3. The van der Waals surface area contributed by atoms with Crippen LogP contribution in [-0.2, 0) is 4.79 Å². The van der Waals surface area contributed by atoms with E-state index in [9.17, 15) is 4.79 Å². The van der Waals surface area contributed by atoms with Gasteiger partial charge in [-0.2, -0.15) is 0 Å². The summed E-state index contributed by atoms with van der Waals surface area (Å²) in [5.74, 6) is 1.21. The summed E-state index contributed by atoms with van der Waals surface area (Å²) >= 11 is 5.89. The van der Waals surface area contributed by atoms with Crippen LogP contribution in [0.15, 0.2) is 24.3 Å². The minimum atomic E-state index is 0.145. The number of ether oxygens (including phenoxy) is 1. The molecule has 1 aromatic rings. The number of halogens is 1. The van der Waals surface area contributed by atoms with Crippen LogP contribution in [0.5, 0.6) is 5.75 Å². The lowest BCUT2D eigenvalue weighted by molar-refractivity contribution is -0.131. The molecule has 2 rings (SSSR count). The molecule has 0 radical (unpaired) electrons. The van der Waals surface area contributed by atoms with Crippen LogP contribution in [-0.4, -0.2) is 37.0 Å². The highest BCUT2D eigenvalue weighted by Crippen LogP contribution is 2.27. The standard InChI is InChI=1S/C16H23ClN2O2/c1-19(16(20)10-12-4-2-7-15(12)18)8-9-21-14-6-3-5-13(17)11-14/h3,5-6,11-12,15H,2,4,7-10,18H2,1H3/t12-,15+/m0/s1. The Hall–Kier alpha value is -1.26. The minimum absolute atomic E-state index is 0.145. The molecule has 0 unspecified atom stereocenters. The van der Waals surface area contributed by atoms with E-state index in [1.807, 2.05) is 19.2 Å². The predicted molar refractivity (Wildman–Crippen MR) is 84.5 cm³/mol. The summed E-state index contributed by atoms with van der Waals surface area (Å²) in [7, 11) is 1.81. The number of nitrogens with two attached hydrogens (primary N) is 1. The maximum absolute atomic E-state index is 12.1. The summed E-state index contributed by atoms with van der Waals surface area (Å²) in [5, 5.41) is 0.646. The number of carbonyl (C=O) groups is 1. The summed E-state index contributed by atoms with van der Waals surface area (Å²) in [6.07, 6.45) is 3.80. The van der Waals surface area contributed by atoms with Gasteiger partial charge < -0.3 is 15.4 Å². The average Bonchev–Trinajstić information content (AvgIpc) is 2.84. The van der Waals surface area contributed by atoms with Crippen molar-refractivity contribution < 1.29 is 9.53 Å². The number of rotatable bonds is 6. The van der Waals surface area contributed by atoms with Gasteiger partial charge in [0.2, 0.25) is 5.91 Å². The van der Waals surface area contributed by atoms with Gasteiger partial charge in [-0.3, -0.25) is 4.79 Å². The van der Waals surface area contributed by atoms with Crippen molar-refractivity contribution in [1.82, 2.24) is 4.90 Å². The molecular weight excluding hydrogens is 288 g/mol. The third-order valence-electron chi connectivity index (χ3n) is 4.07. The molecule has 1 fully saturated rings. The molecule has 0 saturated heterocycles. The van der Waals surface area contributed by atoms with Crippen LogP contribution in [0.2, 0.25) is 5.02 Å². The Bertz CT molecular complexity index is 481. The van der Waals surface area contributed by atoms with Gasteiger partial charge in [0, 0.05) is 24.5 Å². The third kappa shape index (κ3) is 4.90. The molecule has 116 valence electrons. The SMILES string of the molecule is CN(CCOc1cccc(Cl)c1)C(=O)C[C@@H]1CCC[C@H]1N. The molecule has 1 aromatic carbocycles. The van der Waals surface area contributed by atoms with E-state index in [2.05, 4.69) is 0 Å². The van der Waals surface area contributed by atoms with Gasteiger partial charge in [0.25, 0.3) is 0 Å². The van der Waals surface area contributed by atoms with Gasteiger partial charge in [-0.15, -0.1) is 0 Å². The second kappa shape index (κ2) is 7.66.